The summed E-state index contributed by atoms with van der Waals surface area (Å²) >= 11 is 3.16. The van der Waals surface area contributed by atoms with Gasteiger partial charge in [-0.25, -0.2) is 4.39 Å². The largest absolute Gasteiger partial charge is 0.316 e. The minimum absolute atomic E-state index is 0.171. The second-order valence-corrected chi connectivity index (χ2v) is 3.59. The van der Waals surface area contributed by atoms with Gasteiger partial charge in [-0.1, -0.05) is 6.07 Å². The van der Waals surface area contributed by atoms with Gasteiger partial charge in [0, 0.05) is 6.54 Å². The lowest BCUT2D eigenvalue weighted by atomic mass is 10.1. The Bertz CT molecular complexity index is 263. The highest BCUT2D eigenvalue weighted by molar-refractivity contribution is 9.10. The minimum atomic E-state index is -0.171. The van der Waals surface area contributed by atoms with Crippen LogP contribution in [0.25, 0.3) is 0 Å². The van der Waals surface area contributed by atoms with Crippen molar-refractivity contribution in [2.45, 2.75) is 13.5 Å². The molecule has 1 aromatic rings. The fraction of sp³-hybridized carbons (Fsp3) is 0.333. The Hall–Kier alpha value is -0.410. The van der Waals surface area contributed by atoms with Gasteiger partial charge in [0.2, 0.25) is 0 Å². The van der Waals surface area contributed by atoms with Crippen molar-refractivity contribution in [2.75, 3.05) is 7.05 Å². The van der Waals surface area contributed by atoms with E-state index in [2.05, 4.69) is 21.2 Å². The summed E-state index contributed by atoms with van der Waals surface area (Å²) in [4.78, 5) is 0. The number of halogens is 2. The fourth-order valence-corrected chi connectivity index (χ4v) is 1.71. The molecule has 12 heavy (non-hydrogen) atoms. The molecule has 0 aliphatic heterocycles. The van der Waals surface area contributed by atoms with Crippen molar-refractivity contribution in [1.29, 1.82) is 0 Å². The summed E-state index contributed by atoms with van der Waals surface area (Å²) in [5.41, 5.74) is 1.76. The lowest BCUT2D eigenvalue weighted by molar-refractivity contribution is 0.610. The smallest absolute Gasteiger partial charge is 0.140 e. The predicted octanol–water partition coefficient (Wildman–Crippen LogP) is 2.62. The summed E-state index contributed by atoms with van der Waals surface area (Å²) < 4.78 is 13.6. The van der Waals surface area contributed by atoms with Crippen molar-refractivity contribution >= 4 is 15.9 Å². The average molecular weight is 232 g/mol. The van der Waals surface area contributed by atoms with E-state index in [9.17, 15) is 4.39 Å². The van der Waals surface area contributed by atoms with Crippen LogP contribution < -0.4 is 5.32 Å². The van der Waals surface area contributed by atoms with E-state index < -0.39 is 0 Å². The van der Waals surface area contributed by atoms with E-state index in [1.165, 1.54) is 0 Å². The van der Waals surface area contributed by atoms with E-state index in [1.807, 2.05) is 13.1 Å². The zero-order valence-electron chi connectivity index (χ0n) is 7.12. The number of nitrogens with one attached hydrogen (secondary N) is 1. The van der Waals surface area contributed by atoms with Crippen molar-refractivity contribution in [2.24, 2.45) is 0 Å². The fourth-order valence-electron chi connectivity index (χ4n) is 1.10. The summed E-state index contributed by atoms with van der Waals surface area (Å²) in [5.74, 6) is -0.171. The molecule has 0 heterocycles. The molecule has 1 aromatic carbocycles. The number of rotatable bonds is 2. The highest BCUT2D eigenvalue weighted by atomic mass is 79.9. The highest BCUT2D eigenvalue weighted by Crippen LogP contribution is 2.20. The highest BCUT2D eigenvalue weighted by Gasteiger charge is 2.04. The Morgan fingerprint density at radius 2 is 2.17 bits per heavy atom. The van der Waals surface area contributed by atoms with Gasteiger partial charge in [-0.2, -0.15) is 0 Å². The van der Waals surface area contributed by atoms with Gasteiger partial charge >= 0.3 is 0 Å². The summed E-state index contributed by atoms with van der Waals surface area (Å²) in [7, 11) is 1.87. The van der Waals surface area contributed by atoms with E-state index in [1.54, 1.807) is 13.0 Å². The van der Waals surface area contributed by atoms with E-state index in [-0.39, 0.29) is 5.82 Å². The molecule has 1 N–H and O–H groups in total. The maximum Gasteiger partial charge on any atom is 0.140 e. The van der Waals surface area contributed by atoms with Gasteiger partial charge in [0.25, 0.3) is 0 Å². The summed E-state index contributed by atoms with van der Waals surface area (Å²) in [5, 5.41) is 3.01. The van der Waals surface area contributed by atoms with Gasteiger partial charge < -0.3 is 5.32 Å². The Morgan fingerprint density at radius 3 is 2.67 bits per heavy atom. The van der Waals surface area contributed by atoms with Crippen molar-refractivity contribution in [1.82, 2.24) is 5.32 Å². The number of benzene rings is 1. The van der Waals surface area contributed by atoms with Gasteiger partial charge in [0.15, 0.2) is 0 Å². The zero-order chi connectivity index (χ0) is 9.14. The lowest BCUT2D eigenvalue weighted by Gasteiger charge is -2.04. The van der Waals surface area contributed by atoms with Crippen molar-refractivity contribution in [3.8, 4) is 0 Å². The van der Waals surface area contributed by atoms with Crippen molar-refractivity contribution < 1.29 is 4.39 Å². The molecule has 0 radical (unpaired) electrons. The number of hydrogen-bond acceptors (Lipinski definition) is 1. The topological polar surface area (TPSA) is 12.0 Å². The molecular weight excluding hydrogens is 221 g/mol. The molecular formula is C9H11BrFN. The standard InChI is InChI=1S/C9H11BrFN/c1-6-3-7(5-12-2)4-8(10)9(6)11/h3-4,12H,5H2,1-2H3. The first-order valence-corrected chi connectivity index (χ1v) is 4.53. The average Bonchev–Trinajstić information content (AvgIpc) is 2.01. The minimum Gasteiger partial charge on any atom is -0.316 e. The van der Waals surface area contributed by atoms with Crippen LogP contribution in [0.5, 0.6) is 0 Å². The molecule has 0 saturated heterocycles. The first-order valence-electron chi connectivity index (χ1n) is 3.74. The Balaban J connectivity index is 3.04. The quantitative estimate of drug-likeness (QED) is 0.826. The van der Waals surface area contributed by atoms with E-state index >= 15 is 0 Å². The summed E-state index contributed by atoms with van der Waals surface area (Å²) in [6.07, 6.45) is 0. The maximum atomic E-state index is 13.1. The first kappa shape index (κ1) is 9.68. The van der Waals surface area contributed by atoms with Crippen LogP contribution in [0.4, 0.5) is 4.39 Å². The van der Waals surface area contributed by atoms with Crippen molar-refractivity contribution in [3.63, 3.8) is 0 Å². The predicted molar refractivity (Wildman–Crippen MR) is 51.6 cm³/mol. The van der Waals surface area contributed by atoms with Crippen LogP contribution in [0, 0.1) is 12.7 Å². The van der Waals surface area contributed by atoms with Crippen molar-refractivity contribution in [3.05, 3.63) is 33.5 Å². The molecule has 0 aromatic heterocycles. The molecule has 66 valence electrons. The molecule has 0 bridgehead atoms. The number of aryl methyl sites for hydroxylation is 1. The SMILES string of the molecule is CNCc1cc(C)c(F)c(Br)c1. The van der Waals surface area contributed by atoms with E-state index in [0.29, 0.717) is 10.0 Å². The van der Waals surface area contributed by atoms with Gasteiger partial charge in [-0.05, 0) is 47.1 Å². The summed E-state index contributed by atoms with van der Waals surface area (Å²) in [6.45, 7) is 2.53. The molecule has 0 spiro atoms. The van der Waals surface area contributed by atoms with E-state index in [0.717, 1.165) is 12.1 Å². The monoisotopic (exact) mass is 231 g/mol. The van der Waals surface area contributed by atoms with Gasteiger partial charge in [-0.15, -0.1) is 0 Å². The Morgan fingerprint density at radius 1 is 1.50 bits per heavy atom. The normalized spacial score (nSPS) is 10.3. The third-order valence-electron chi connectivity index (χ3n) is 1.65. The van der Waals surface area contributed by atoms with Crippen LogP contribution in [0.2, 0.25) is 0 Å². The summed E-state index contributed by atoms with van der Waals surface area (Å²) in [6, 6.07) is 3.63. The Kier molecular flexibility index (Phi) is 3.23. The molecule has 3 heteroatoms. The van der Waals surface area contributed by atoms with Gasteiger partial charge in [0.05, 0.1) is 4.47 Å². The second-order valence-electron chi connectivity index (χ2n) is 2.74. The number of hydrogen-bond donors (Lipinski definition) is 1. The zero-order valence-corrected chi connectivity index (χ0v) is 8.70. The van der Waals surface area contributed by atoms with Gasteiger partial charge in [0.1, 0.15) is 5.82 Å². The van der Waals surface area contributed by atoms with E-state index in [4.69, 9.17) is 0 Å². The second kappa shape index (κ2) is 4.01. The van der Waals surface area contributed by atoms with Crippen LogP contribution in [0.1, 0.15) is 11.1 Å². The maximum absolute atomic E-state index is 13.1. The van der Waals surface area contributed by atoms with Crippen LogP contribution in [-0.4, -0.2) is 7.05 Å². The Labute approximate surface area is 80.1 Å². The van der Waals surface area contributed by atoms with Crippen LogP contribution in [0.3, 0.4) is 0 Å². The third kappa shape index (κ3) is 2.05. The molecule has 0 saturated carbocycles. The third-order valence-corrected chi connectivity index (χ3v) is 2.23. The molecule has 0 unspecified atom stereocenters. The molecule has 1 nitrogen and oxygen atoms in total. The van der Waals surface area contributed by atoms with Crippen LogP contribution >= 0.6 is 15.9 Å². The molecule has 1 rings (SSSR count). The molecule has 0 aliphatic rings. The van der Waals surface area contributed by atoms with Crippen LogP contribution in [0.15, 0.2) is 16.6 Å². The molecule has 0 amide bonds. The molecule has 0 fully saturated rings. The molecule has 0 aliphatic carbocycles. The first-order chi connectivity index (χ1) is 5.65. The lowest BCUT2D eigenvalue weighted by Crippen LogP contribution is -2.05. The van der Waals surface area contributed by atoms with Gasteiger partial charge in [-0.3, -0.25) is 0 Å². The molecule has 0 atom stereocenters. The van der Waals surface area contributed by atoms with Crippen LogP contribution in [-0.2, 0) is 6.54 Å².